The maximum Gasteiger partial charge on any atom is 0.336 e. The van der Waals surface area contributed by atoms with Crippen molar-refractivity contribution in [1.29, 1.82) is 0 Å². The predicted molar refractivity (Wildman–Crippen MR) is 84.3 cm³/mol. The minimum Gasteiger partial charge on any atom is -0.478 e. The Labute approximate surface area is 127 Å². The van der Waals surface area contributed by atoms with Gasteiger partial charge in [-0.05, 0) is 31.9 Å². The van der Waals surface area contributed by atoms with Gasteiger partial charge in [-0.15, -0.1) is 0 Å². The molecule has 1 rings (SSSR count). The fraction of sp³-hybridized carbons (Fsp3) is 0.267. The van der Waals surface area contributed by atoms with E-state index >= 15 is 0 Å². The van der Waals surface area contributed by atoms with Gasteiger partial charge < -0.3 is 5.11 Å². The van der Waals surface area contributed by atoms with Crippen LogP contribution in [0.3, 0.4) is 0 Å². The lowest BCUT2D eigenvalue weighted by atomic mass is 10.2. The van der Waals surface area contributed by atoms with Crippen LogP contribution in [0, 0.1) is 10.1 Å². The van der Waals surface area contributed by atoms with E-state index in [1.807, 2.05) is 13.0 Å². The summed E-state index contributed by atoms with van der Waals surface area (Å²) in [6.45, 7) is 3.53. The molecule has 0 saturated heterocycles. The zero-order chi connectivity index (χ0) is 15.8. The number of allylic oxidation sites excluding steroid dienone is 6. The monoisotopic (exact) mass is 307 g/mol. The van der Waals surface area contributed by atoms with Crippen molar-refractivity contribution in [2.24, 2.45) is 0 Å². The fourth-order valence-electron chi connectivity index (χ4n) is 1.73. The molecule has 0 aromatic carbocycles. The van der Waals surface area contributed by atoms with Crippen LogP contribution in [0.25, 0.3) is 0 Å². The average Bonchev–Trinajstić information content (AvgIpc) is 2.64. The molecule has 1 N–H and O–H groups in total. The lowest BCUT2D eigenvalue weighted by molar-refractivity contribution is -0.419. The number of aliphatic carboxylic acids is 1. The van der Waals surface area contributed by atoms with Gasteiger partial charge in [0.1, 0.15) is 0 Å². The third-order valence-electron chi connectivity index (χ3n) is 2.67. The molecule has 0 heterocycles. The summed E-state index contributed by atoms with van der Waals surface area (Å²) in [5.74, 6) is -1.04. The summed E-state index contributed by atoms with van der Waals surface area (Å²) >= 11 is 1.11. The first-order chi connectivity index (χ1) is 10.0. The molecule has 0 atom stereocenters. The molecule has 1 aliphatic rings. The van der Waals surface area contributed by atoms with Crippen LogP contribution in [-0.4, -0.2) is 16.0 Å². The first kappa shape index (κ1) is 17.0. The number of thioether (sulfide) groups is 1. The van der Waals surface area contributed by atoms with E-state index < -0.39 is 10.9 Å². The Morgan fingerprint density at radius 3 is 2.81 bits per heavy atom. The van der Waals surface area contributed by atoms with E-state index in [1.54, 1.807) is 25.2 Å². The van der Waals surface area contributed by atoms with Gasteiger partial charge in [-0.2, -0.15) is 0 Å². The van der Waals surface area contributed by atoms with Gasteiger partial charge >= 0.3 is 5.97 Å². The zero-order valence-electron chi connectivity index (χ0n) is 11.9. The summed E-state index contributed by atoms with van der Waals surface area (Å²) in [6, 6.07) is 0. The van der Waals surface area contributed by atoms with Crippen LogP contribution >= 0.6 is 11.8 Å². The number of hydrogen-bond donors (Lipinski definition) is 1. The number of nitro groups is 1. The van der Waals surface area contributed by atoms with Crippen LogP contribution in [-0.2, 0) is 4.79 Å². The number of nitrogens with zero attached hydrogens (tertiary/aromatic N) is 1. The molecule has 0 radical (unpaired) electrons. The molecule has 0 saturated carbocycles. The first-order valence-electron chi connectivity index (χ1n) is 6.51. The van der Waals surface area contributed by atoms with E-state index in [0.717, 1.165) is 11.8 Å². The van der Waals surface area contributed by atoms with Crippen molar-refractivity contribution in [3.63, 3.8) is 0 Å². The maximum absolute atomic E-state index is 11.3. The van der Waals surface area contributed by atoms with Crippen molar-refractivity contribution >= 4 is 17.7 Å². The number of carbonyl (C=O) groups is 1. The summed E-state index contributed by atoms with van der Waals surface area (Å²) in [4.78, 5) is 22.9. The van der Waals surface area contributed by atoms with Gasteiger partial charge in [0.25, 0.3) is 5.70 Å². The summed E-state index contributed by atoms with van der Waals surface area (Å²) < 4.78 is 0. The van der Waals surface area contributed by atoms with Gasteiger partial charge in [-0.1, -0.05) is 43.0 Å². The quantitative estimate of drug-likeness (QED) is 0.346. The van der Waals surface area contributed by atoms with Gasteiger partial charge in [0.2, 0.25) is 0 Å². The summed E-state index contributed by atoms with van der Waals surface area (Å²) in [5.41, 5.74) is 0.159. The molecule has 0 bridgehead atoms. The summed E-state index contributed by atoms with van der Waals surface area (Å²) in [5, 5.41) is 20.4. The zero-order valence-corrected chi connectivity index (χ0v) is 12.7. The van der Waals surface area contributed by atoms with Gasteiger partial charge in [-0.3, -0.25) is 10.1 Å². The highest BCUT2D eigenvalue weighted by Crippen LogP contribution is 2.36. The van der Waals surface area contributed by atoms with Crippen molar-refractivity contribution in [3.05, 3.63) is 67.7 Å². The Bertz CT molecular complexity index is 582. The van der Waals surface area contributed by atoms with Gasteiger partial charge in [0.05, 0.1) is 15.4 Å². The topological polar surface area (TPSA) is 80.4 Å². The van der Waals surface area contributed by atoms with E-state index in [-0.39, 0.29) is 11.3 Å². The second-order valence-corrected chi connectivity index (χ2v) is 5.21. The molecule has 112 valence electrons. The highest BCUT2D eigenvalue weighted by Gasteiger charge is 2.22. The maximum atomic E-state index is 11.3. The molecule has 0 spiro atoms. The standard InChI is InChI=1S/C15H17NO4S/c1-3-8-13(11(4-2)15(17)18)21-14-10-7-5-6-9-12(14)16(19)20/h4-5,7-10H,3,6H2,1-2H3,(H,17,18)/b11-4+,13-8+. The second kappa shape index (κ2) is 8.26. The van der Waals surface area contributed by atoms with Crippen molar-refractivity contribution in [3.8, 4) is 0 Å². The Morgan fingerprint density at radius 1 is 1.57 bits per heavy atom. The second-order valence-electron chi connectivity index (χ2n) is 4.13. The smallest absolute Gasteiger partial charge is 0.336 e. The Morgan fingerprint density at radius 2 is 2.29 bits per heavy atom. The third kappa shape index (κ3) is 4.75. The SMILES string of the molecule is C/C=C(C(=O)O)\C(=C/CC)SC1=CC=CCC=C1[N+](=O)[O-]. The fourth-order valence-corrected chi connectivity index (χ4v) is 2.94. The molecular weight excluding hydrogens is 290 g/mol. The highest BCUT2D eigenvalue weighted by molar-refractivity contribution is 8.07. The van der Waals surface area contributed by atoms with Crippen LogP contribution in [0.4, 0.5) is 0 Å². The Hall–Kier alpha value is -2.08. The van der Waals surface area contributed by atoms with E-state index in [4.69, 9.17) is 0 Å². The molecule has 0 aromatic rings. The Balaban J connectivity index is 3.16. The number of carboxylic acid groups (broad SMARTS) is 1. The normalized spacial score (nSPS) is 16.1. The van der Waals surface area contributed by atoms with Crippen LogP contribution in [0.5, 0.6) is 0 Å². The summed E-state index contributed by atoms with van der Waals surface area (Å²) in [6.07, 6.45) is 11.1. The van der Waals surface area contributed by atoms with Gasteiger partial charge in [0, 0.05) is 4.91 Å². The van der Waals surface area contributed by atoms with Crippen LogP contribution in [0.1, 0.15) is 26.7 Å². The van der Waals surface area contributed by atoms with E-state index in [0.29, 0.717) is 22.7 Å². The highest BCUT2D eigenvalue weighted by atomic mass is 32.2. The molecule has 0 aliphatic heterocycles. The largest absolute Gasteiger partial charge is 0.478 e. The van der Waals surface area contributed by atoms with E-state index in [1.165, 1.54) is 12.2 Å². The average molecular weight is 307 g/mol. The van der Waals surface area contributed by atoms with Crippen LogP contribution in [0.15, 0.2) is 57.5 Å². The minimum atomic E-state index is -1.04. The van der Waals surface area contributed by atoms with Gasteiger partial charge in [0.15, 0.2) is 0 Å². The minimum absolute atomic E-state index is 0.00726. The third-order valence-corrected chi connectivity index (χ3v) is 3.85. The van der Waals surface area contributed by atoms with Crippen molar-refractivity contribution in [2.75, 3.05) is 0 Å². The molecule has 0 amide bonds. The molecule has 0 unspecified atom stereocenters. The van der Waals surface area contributed by atoms with E-state index in [2.05, 4.69) is 0 Å². The lowest BCUT2D eigenvalue weighted by Gasteiger charge is -2.09. The molecule has 5 nitrogen and oxygen atoms in total. The van der Waals surface area contributed by atoms with Crippen molar-refractivity contribution < 1.29 is 14.8 Å². The Kier molecular flexibility index (Phi) is 6.68. The van der Waals surface area contributed by atoms with Crippen molar-refractivity contribution in [2.45, 2.75) is 26.7 Å². The van der Waals surface area contributed by atoms with Crippen LogP contribution in [0.2, 0.25) is 0 Å². The molecule has 0 aromatic heterocycles. The molecule has 6 heteroatoms. The molecule has 21 heavy (non-hydrogen) atoms. The molecule has 1 aliphatic carbocycles. The summed E-state index contributed by atoms with van der Waals surface area (Å²) in [7, 11) is 0. The van der Waals surface area contributed by atoms with Gasteiger partial charge in [-0.25, -0.2) is 4.79 Å². The first-order valence-corrected chi connectivity index (χ1v) is 7.32. The molecule has 0 fully saturated rings. The van der Waals surface area contributed by atoms with Crippen LogP contribution < -0.4 is 0 Å². The number of carboxylic acids is 1. The number of rotatable bonds is 6. The van der Waals surface area contributed by atoms with E-state index in [9.17, 15) is 20.0 Å². The predicted octanol–water partition coefficient (Wildman–Crippen LogP) is 4.05. The van der Waals surface area contributed by atoms with Crippen molar-refractivity contribution in [1.82, 2.24) is 0 Å². The molecular formula is C15H17NO4S. The number of hydrogen-bond acceptors (Lipinski definition) is 4. The lowest BCUT2D eigenvalue weighted by Crippen LogP contribution is -2.04.